The summed E-state index contributed by atoms with van der Waals surface area (Å²) in [6.07, 6.45) is -2.92. The molecule has 0 aliphatic carbocycles. The zero-order chi connectivity index (χ0) is 10.7. The standard InChI is InChI=1S/C8H7F2N3O/c9-8(10)6-7(14)4(2-11)1-5(3-12)13-6/h1,8,14H,3,12H2. The number of nitrogens with zero attached hydrogens (tertiary/aromatic N) is 2. The van der Waals surface area contributed by atoms with Gasteiger partial charge in [0.25, 0.3) is 6.43 Å². The van der Waals surface area contributed by atoms with Gasteiger partial charge in [0.15, 0.2) is 5.75 Å². The molecule has 3 N–H and O–H groups in total. The number of halogens is 2. The first-order valence-electron chi connectivity index (χ1n) is 3.71. The number of hydrogen-bond donors (Lipinski definition) is 2. The number of nitrogens with two attached hydrogens (primary N) is 1. The Balaban J connectivity index is 3.36. The van der Waals surface area contributed by atoms with Crippen molar-refractivity contribution in [2.45, 2.75) is 13.0 Å². The topological polar surface area (TPSA) is 82.9 Å². The summed E-state index contributed by atoms with van der Waals surface area (Å²) in [6, 6.07) is 2.77. The van der Waals surface area contributed by atoms with Crippen LogP contribution in [0.25, 0.3) is 0 Å². The van der Waals surface area contributed by atoms with Gasteiger partial charge in [-0.05, 0) is 6.07 Å². The monoisotopic (exact) mass is 199 g/mol. The summed E-state index contributed by atoms with van der Waals surface area (Å²) in [5.41, 5.74) is 4.30. The van der Waals surface area contributed by atoms with E-state index in [4.69, 9.17) is 11.0 Å². The van der Waals surface area contributed by atoms with Gasteiger partial charge >= 0.3 is 0 Å². The van der Waals surface area contributed by atoms with Gasteiger partial charge in [0.2, 0.25) is 0 Å². The quantitative estimate of drug-likeness (QED) is 0.745. The minimum absolute atomic E-state index is 0.0608. The van der Waals surface area contributed by atoms with Gasteiger partial charge < -0.3 is 10.8 Å². The van der Waals surface area contributed by atoms with Crippen molar-refractivity contribution in [1.82, 2.24) is 4.98 Å². The lowest BCUT2D eigenvalue weighted by Crippen LogP contribution is -2.04. The van der Waals surface area contributed by atoms with Crippen LogP contribution in [0.1, 0.15) is 23.4 Å². The zero-order valence-electron chi connectivity index (χ0n) is 7.04. The molecule has 0 aliphatic rings. The third-order valence-electron chi connectivity index (χ3n) is 1.61. The number of alkyl halides is 2. The highest BCUT2D eigenvalue weighted by Crippen LogP contribution is 2.29. The van der Waals surface area contributed by atoms with Gasteiger partial charge in [-0.25, -0.2) is 13.8 Å². The van der Waals surface area contributed by atoms with Crippen LogP contribution in [-0.2, 0) is 6.54 Å². The molecule has 1 rings (SSSR count). The molecule has 74 valence electrons. The average Bonchev–Trinajstić information content (AvgIpc) is 2.17. The first kappa shape index (κ1) is 10.3. The summed E-state index contributed by atoms with van der Waals surface area (Å²) in [5.74, 6) is -0.778. The molecule has 4 nitrogen and oxygen atoms in total. The predicted octanol–water partition coefficient (Wildman–Crippen LogP) is 1.06. The third kappa shape index (κ3) is 1.78. The van der Waals surface area contributed by atoms with Crippen LogP contribution in [0.2, 0.25) is 0 Å². The molecule has 0 bridgehead atoms. The molecule has 0 radical (unpaired) electrons. The second-order valence-electron chi connectivity index (χ2n) is 2.51. The van der Waals surface area contributed by atoms with Crippen molar-refractivity contribution >= 4 is 0 Å². The number of aromatic hydroxyl groups is 1. The zero-order valence-corrected chi connectivity index (χ0v) is 7.04. The molecule has 0 atom stereocenters. The van der Waals surface area contributed by atoms with E-state index in [-0.39, 0.29) is 17.8 Å². The highest BCUT2D eigenvalue weighted by Gasteiger charge is 2.18. The van der Waals surface area contributed by atoms with E-state index in [2.05, 4.69) is 4.98 Å². The van der Waals surface area contributed by atoms with Crippen LogP contribution in [0.5, 0.6) is 5.75 Å². The average molecular weight is 199 g/mol. The summed E-state index contributed by atoms with van der Waals surface area (Å²) in [6.45, 7) is -0.0608. The number of pyridine rings is 1. The predicted molar refractivity (Wildman–Crippen MR) is 43.5 cm³/mol. The van der Waals surface area contributed by atoms with Crippen molar-refractivity contribution in [2.24, 2.45) is 5.73 Å². The molecule has 0 aliphatic heterocycles. The fraction of sp³-hybridized carbons (Fsp3) is 0.250. The van der Waals surface area contributed by atoms with Gasteiger partial charge in [-0.3, -0.25) is 0 Å². The van der Waals surface area contributed by atoms with Crippen molar-refractivity contribution in [1.29, 1.82) is 5.26 Å². The summed E-state index contributed by atoms with van der Waals surface area (Å²) in [5, 5.41) is 17.7. The molecule has 0 spiro atoms. The van der Waals surface area contributed by atoms with E-state index in [1.807, 2.05) is 0 Å². The summed E-state index contributed by atoms with van der Waals surface area (Å²) in [4.78, 5) is 3.42. The van der Waals surface area contributed by atoms with E-state index in [9.17, 15) is 13.9 Å². The van der Waals surface area contributed by atoms with E-state index in [1.54, 1.807) is 6.07 Å². The van der Waals surface area contributed by atoms with Gasteiger partial charge in [0, 0.05) is 6.54 Å². The third-order valence-corrected chi connectivity index (χ3v) is 1.61. The van der Waals surface area contributed by atoms with Gasteiger partial charge in [0.05, 0.1) is 11.3 Å². The van der Waals surface area contributed by atoms with Crippen LogP contribution >= 0.6 is 0 Å². The first-order valence-corrected chi connectivity index (χ1v) is 3.71. The molecular formula is C8H7F2N3O. The summed E-state index contributed by atoms with van der Waals surface area (Å²) in [7, 11) is 0. The minimum Gasteiger partial charge on any atom is -0.505 e. The van der Waals surface area contributed by atoms with Crippen LogP contribution in [0, 0.1) is 11.3 Å². The summed E-state index contributed by atoms with van der Waals surface area (Å²) < 4.78 is 24.6. The molecule has 0 aromatic carbocycles. The highest BCUT2D eigenvalue weighted by molar-refractivity contribution is 5.46. The van der Waals surface area contributed by atoms with E-state index >= 15 is 0 Å². The maximum atomic E-state index is 12.3. The van der Waals surface area contributed by atoms with Crippen molar-refractivity contribution in [3.8, 4) is 11.8 Å². The molecule has 6 heteroatoms. The van der Waals surface area contributed by atoms with Crippen molar-refractivity contribution in [3.63, 3.8) is 0 Å². The Morgan fingerprint density at radius 1 is 1.64 bits per heavy atom. The Morgan fingerprint density at radius 2 is 2.29 bits per heavy atom. The SMILES string of the molecule is N#Cc1cc(CN)nc(C(F)F)c1O. The minimum atomic E-state index is -2.92. The lowest BCUT2D eigenvalue weighted by Gasteiger charge is -2.06. The molecule has 14 heavy (non-hydrogen) atoms. The number of nitriles is 1. The van der Waals surface area contributed by atoms with Crippen LogP contribution in [-0.4, -0.2) is 10.1 Å². The van der Waals surface area contributed by atoms with Crippen LogP contribution in [0.4, 0.5) is 8.78 Å². The lowest BCUT2D eigenvalue weighted by molar-refractivity contribution is 0.141. The van der Waals surface area contributed by atoms with Crippen molar-refractivity contribution in [3.05, 3.63) is 23.0 Å². The number of hydrogen-bond acceptors (Lipinski definition) is 4. The Morgan fingerprint density at radius 3 is 2.71 bits per heavy atom. The normalized spacial score (nSPS) is 10.2. The fourth-order valence-corrected chi connectivity index (χ4v) is 0.955. The molecule has 1 aromatic rings. The van der Waals surface area contributed by atoms with Gasteiger partial charge in [-0.15, -0.1) is 0 Å². The van der Waals surface area contributed by atoms with Gasteiger partial charge in [-0.1, -0.05) is 0 Å². The van der Waals surface area contributed by atoms with Crippen LogP contribution in [0.15, 0.2) is 6.07 Å². The first-order chi connectivity index (χ1) is 6.60. The number of aromatic nitrogens is 1. The van der Waals surface area contributed by atoms with Crippen molar-refractivity contribution < 1.29 is 13.9 Å². The Labute approximate surface area is 78.6 Å². The van der Waals surface area contributed by atoms with Crippen molar-refractivity contribution in [2.75, 3.05) is 0 Å². The summed E-state index contributed by atoms with van der Waals surface area (Å²) >= 11 is 0. The number of rotatable bonds is 2. The van der Waals surface area contributed by atoms with Crippen LogP contribution in [0.3, 0.4) is 0 Å². The molecular weight excluding hydrogens is 192 g/mol. The Hall–Kier alpha value is -1.74. The smallest absolute Gasteiger partial charge is 0.284 e. The second kappa shape index (κ2) is 3.98. The fourth-order valence-electron chi connectivity index (χ4n) is 0.955. The van der Waals surface area contributed by atoms with Gasteiger partial charge in [0.1, 0.15) is 11.8 Å². The maximum absolute atomic E-state index is 12.3. The molecule has 1 heterocycles. The molecule has 0 fully saturated rings. The maximum Gasteiger partial charge on any atom is 0.284 e. The molecule has 0 saturated carbocycles. The van der Waals surface area contributed by atoms with E-state index in [0.717, 1.165) is 0 Å². The molecule has 0 saturated heterocycles. The molecule has 1 aromatic heterocycles. The van der Waals surface area contributed by atoms with Gasteiger partial charge in [-0.2, -0.15) is 5.26 Å². The Bertz CT molecular complexity index is 387. The largest absolute Gasteiger partial charge is 0.505 e. The van der Waals surface area contributed by atoms with E-state index in [1.165, 1.54) is 6.07 Å². The van der Waals surface area contributed by atoms with E-state index in [0.29, 0.717) is 0 Å². The molecule has 0 unspecified atom stereocenters. The molecule has 0 amide bonds. The second-order valence-corrected chi connectivity index (χ2v) is 2.51. The lowest BCUT2D eigenvalue weighted by atomic mass is 10.2. The Kier molecular flexibility index (Phi) is 2.94. The van der Waals surface area contributed by atoms with Crippen LogP contribution < -0.4 is 5.73 Å². The van der Waals surface area contributed by atoms with E-state index < -0.39 is 17.9 Å². The highest BCUT2D eigenvalue weighted by atomic mass is 19.3.